The minimum Gasteiger partial charge on any atom is -0.344 e. The number of hydrogen-bond donors (Lipinski definition) is 0. The van der Waals surface area contributed by atoms with Crippen LogP contribution in [0.1, 0.15) is 28.8 Å². The van der Waals surface area contributed by atoms with E-state index in [2.05, 4.69) is 26.9 Å². The Morgan fingerprint density at radius 1 is 1.00 bits per heavy atom. The quantitative estimate of drug-likeness (QED) is 0.665. The molecule has 2 fully saturated rings. The summed E-state index contributed by atoms with van der Waals surface area (Å²) in [6.07, 6.45) is 4.37. The van der Waals surface area contributed by atoms with Crippen LogP contribution < -0.4 is 4.90 Å². The van der Waals surface area contributed by atoms with Gasteiger partial charge in [0.25, 0.3) is 5.91 Å². The number of rotatable bonds is 4. The highest BCUT2D eigenvalue weighted by molar-refractivity contribution is 7.21. The van der Waals surface area contributed by atoms with Crippen molar-refractivity contribution in [3.05, 3.63) is 53.7 Å². The summed E-state index contributed by atoms with van der Waals surface area (Å²) in [6.45, 7) is 6.33. The second kappa shape index (κ2) is 8.08. The van der Waals surface area contributed by atoms with Crippen LogP contribution in [-0.4, -0.2) is 64.9 Å². The summed E-state index contributed by atoms with van der Waals surface area (Å²) in [5.74, 6) is 0.138. The van der Waals surface area contributed by atoms with E-state index in [0.29, 0.717) is 0 Å². The molecular weight excluding hydrogens is 382 g/mol. The number of aromatic nitrogens is 2. The van der Waals surface area contributed by atoms with Crippen molar-refractivity contribution in [3.63, 3.8) is 0 Å². The number of hydrogen-bond acceptors (Lipinski definition) is 6. The minimum atomic E-state index is 0.138. The SMILES string of the molecule is O=C(c1cccc(CN2CCCC2)c1)N1CCN(c2nc3cccnc3s2)CC1. The second-order valence-electron chi connectivity index (χ2n) is 7.79. The average molecular weight is 408 g/mol. The Labute approximate surface area is 174 Å². The molecule has 0 atom stereocenters. The van der Waals surface area contributed by atoms with Crippen molar-refractivity contribution in [1.29, 1.82) is 0 Å². The third-order valence-electron chi connectivity index (χ3n) is 5.77. The summed E-state index contributed by atoms with van der Waals surface area (Å²) >= 11 is 1.62. The maximum absolute atomic E-state index is 13.0. The predicted octanol–water partition coefficient (Wildman–Crippen LogP) is 3.25. The fourth-order valence-electron chi connectivity index (χ4n) is 4.18. The molecule has 7 heteroatoms. The highest BCUT2D eigenvalue weighted by Crippen LogP contribution is 2.28. The van der Waals surface area contributed by atoms with Gasteiger partial charge in [-0.2, -0.15) is 0 Å². The van der Waals surface area contributed by atoms with Crippen LogP contribution >= 0.6 is 11.3 Å². The van der Waals surface area contributed by atoms with Crippen LogP contribution in [0.5, 0.6) is 0 Å². The maximum Gasteiger partial charge on any atom is 0.253 e. The number of nitrogens with zero attached hydrogens (tertiary/aromatic N) is 5. The van der Waals surface area contributed by atoms with Gasteiger partial charge in [0.1, 0.15) is 10.3 Å². The Morgan fingerprint density at radius 3 is 2.62 bits per heavy atom. The van der Waals surface area contributed by atoms with Gasteiger partial charge in [-0.05, 0) is 55.8 Å². The minimum absolute atomic E-state index is 0.138. The van der Waals surface area contributed by atoms with E-state index >= 15 is 0 Å². The molecule has 2 aliphatic heterocycles. The Morgan fingerprint density at radius 2 is 1.83 bits per heavy atom. The van der Waals surface area contributed by atoms with E-state index in [1.807, 2.05) is 29.2 Å². The lowest BCUT2D eigenvalue weighted by Crippen LogP contribution is -2.48. The number of benzene rings is 1. The molecule has 6 nitrogen and oxygen atoms in total. The molecule has 4 heterocycles. The fourth-order valence-corrected chi connectivity index (χ4v) is 5.14. The Bertz CT molecular complexity index is 972. The zero-order valence-electron chi connectivity index (χ0n) is 16.5. The number of anilines is 1. The fraction of sp³-hybridized carbons (Fsp3) is 0.409. The monoisotopic (exact) mass is 407 g/mol. The van der Waals surface area contributed by atoms with Crippen molar-refractivity contribution in [1.82, 2.24) is 19.8 Å². The van der Waals surface area contributed by atoms with Gasteiger partial charge >= 0.3 is 0 Å². The van der Waals surface area contributed by atoms with E-state index in [1.54, 1.807) is 17.5 Å². The number of piperazine rings is 1. The van der Waals surface area contributed by atoms with E-state index in [9.17, 15) is 4.79 Å². The van der Waals surface area contributed by atoms with Crippen molar-refractivity contribution in [2.45, 2.75) is 19.4 Å². The standard InChI is InChI=1S/C22H25N5OS/c28-21(18-6-3-5-17(15-18)16-25-9-1-2-10-25)26-11-13-27(14-12-26)22-24-19-7-4-8-23-20(19)29-22/h3-8,15H,1-2,9-14,16H2. The molecule has 0 N–H and O–H groups in total. The van der Waals surface area contributed by atoms with Crippen LogP contribution in [0.3, 0.4) is 0 Å². The number of amides is 1. The summed E-state index contributed by atoms with van der Waals surface area (Å²) in [4.78, 5) is 29.8. The molecule has 0 radical (unpaired) electrons. The molecule has 2 saturated heterocycles. The van der Waals surface area contributed by atoms with Gasteiger partial charge in [0.15, 0.2) is 5.13 Å². The zero-order valence-corrected chi connectivity index (χ0v) is 17.3. The maximum atomic E-state index is 13.0. The van der Waals surface area contributed by atoms with Crippen LogP contribution in [0.4, 0.5) is 5.13 Å². The third kappa shape index (κ3) is 3.97. The van der Waals surface area contributed by atoms with Gasteiger partial charge in [0, 0.05) is 44.5 Å². The molecule has 2 aliphatic rings. The summed E-state index contributed by atoms with van der Waals surface area (Å²) < 4.78 is 0. The lowest BCUT2D eigenvalue weighted by Gasteiger charge is -2.34. The van der Waals surface area contributed by atoms with E-state index in [0.717, 1.165) is 53.8 Å². The summed E-state index contributed by atoms with van der Waals surface area (Å²) in [5, 5.41) is 0.999. The first-order valence-corrected chi connectivity index (χ1v) is 11.1. The van der Waals surface area contributed by atoms with Gasteiger partial charge in [-0.3, -0.25) is 9.69 Å². The average Bonchev–Trinajstić information content (AvgIpc) is 3.43. The molecule has 3 aromatic rings. The van der Waals surface area contributed by atoms with Crippen LogP contribution in [0.25, 0.3) is 10.3 Å². The summed E-state index contributed by atoms with van der Waals surface area (Å²) in [6, 6.07) is 12.1. The molecule has 1 amide bonds. The van der Waals surface area contributed by atoms with Gasteiger partial charge in [-0.25, -0.2) is 9.97 Å². The zero-order chi connectivity index (χ0) is 19.6. The molecule has 0 bridgehead atoms. The number of likely N-dealkylation sites (tertiary alicyclic amines) is 1. The van der Waals surface area contributed by atoms with E-state index in [1.165, 1.54) is 31.5 Å². The van der Waals surface area contributed by atoms with E-state index in [-0.39, 0.29) is 5.91 Å². The first kappa shape index (κ1) is 18.5. The molecule has 150 valence electrons. The smallest absolute Gasteiger partial charge is 0.253 e. The van der Waals surface area contributed by atoms with Gasteiger partial charge in [0.2, 0.25) is 0 Å². The van der Waals surface area contributed by atoms with E-state index < -0.39 is 0 Å². The first-order valence-electron chi connectivity index (χ1n) is 10.3. The predicted molar refractivity (Wildman–Crippen MR) is 116 cm³/mol. The van der Waals surface area contributed by atoms with E-state index in [4.69, 9.17) is 4.98 Å². The van der Waals surface area contributed by atoms with Crippen LogP contribution in [-0.2, 0) is 6.54 Å². The molecular formula is C22H25N5OS. The number of fused-ring (bicyclic) bond motifs is 1. The number of carbonyl (C=O) groups excluding carboxylic acids is 1. The highest BCUT2D eigenvalue weighted by Gasteiger charge is 2.24. The van der Waals surface area contributed by atoms with Gasteiger partial charge in [-0.1, -0.05) is 23.5 Å². The molecule has 5 rings (SSSR count). The lowest BCUT2D eigenvalue weighted by molar-refractivity contribution is 0.0746. The van der Waals surface area contributed by atoms with Gasteiger partial charge in [0.05, 0.1) is 0 Å². The topological polar surface area (TPSA) is 52.6 Å². The molecule has 2 aromatic heterocycles. The normalized spacial score (nSPS) is 17.9. The van der Waals surface area contributed by atoms with Crippen LogP contribution in [0, 0.1) is 0 Å². The Balaban J connectivity index is 1.23. The van der Waals surface area contributed by atoms with Crippen molar-refractivity contribution in [3.8, 4) is 0 Å². The Hall–Kier alpha value is -2.51. The molecule has 1 aromatic carbocycles. The van der Waals surface area contributed by atoms with Crippen molar-refractivity contribution >= 4 is 32.7 Å². The number of carbonyl (C=O) groups is 1. The third-order valence-corrected chi connectivity index (χ3v) is 6.81. The molecule has 29 heavy (non-hydrogen) atoms. The molecule has 0 spiro atoms. The summed E-state index contributed by atoms with van der Waals surface area (Å²) in [7, 11) is 0. The molecule has 0 saturated carbocycles. The van der Waals surface area contributed by atoms with Crippen LogP contribution in [0.2, 0.25) is 0 Å². The molecule has 0 aliphatic carbocycles. The largest absolute Gasteiger partial charge is 0.344 e. The molecule has 0 unspecified atom stereocenters. The summed E-state index contributed by atoms with van der Waals surface area (Å²) in [5.41, 5.74) is 2.98. The first-order chi connectivity index (χ1) is 14.3. The highest BCUT2D eigenvalue weighted by atomic mass is 32.1. The van der Waals surface area contributed by atoms with Crippen molar-refractivity contribution < 1.29 is 4.79 Å². The lowest BCUT2D eigenvalue weighted by atomic mass is 10.1. The van der Waals surface area contributed by atoms with Gasteiger partial charge < -0.3 is 9.80 Å². The van der Waals surface area contributed by atoms with Crippen LogP contribution in [0.15, 0.2) is 42.6 Å². The Kier molecular flexibility index (Phi) is 5.16. The number of thiazole rings is 1. The number of pyridine rings is 1. The van der Waals surface area contributed by atoms with Crippen molar-refractivity contribution in [2.24, 2.45) is 0 Å². The van der Waals surface area contributed by atoms with Crippen molar-refractivity contribution in [2.75, 3.05) is 44.2 Å². The van der Waals surface area contributed by atoms with Gasteiger partial charge in [-0.15, -0.1) is 0 Å². The second-order valence-corrected chi connectivity index (χ2v) is 8.74.